The maximum absolute atomic E-state index is 13.2. The van der Waals surface area contributed by atoms with Gasteiger partial charge in [-0.05, 0) is 49.7 Å². The van der Waals surface area contributed by atoms with Crippen LogP contribution < -0.4 is 9.64 Å². The van der Waals surface area contributed by atoms with Gasteiger partial charge >= 0.3 is 11.9 Å². The number of carbonyl (C=O) groups is 2. The number of hydrogen-bond donors (Lipinski definition) is 2. The van der Waals surface area contributed by atoms with Crippen LogP contribution in [-0.2, 0) is 9.59 Å². The van der Waals surface area contributed by atoms with Crippen LogP contribution >= 0.6 is 0 Å². The highest BCUT2D eigenvalue weighted by Gasteiger charge is 2.16. The summed E-state index contributed by atoms with van der Waals surface area (Å²) in [7, 11) is 0. The second kappa shape index (κ2) is 14.4. The van der Waals surface area contributed by atoms with Gasteiger partial charge in [0.15, 0.2) is 5.82 Å². The van der Waals surface area contributed by atoms with Crippen LogP contribution in [-0.4, -0.2) is 76.4 Å². The number of aromatic nitrogens is 2. The van der Waals surface area contributed by atoms with Gasteiger partial charge in [0.05, 0.1) is 6.61 Å². The first kappa shape index (κ1) is 28.3. The zero-order valence-corrected chi connectivity index (χ0v) is 21.2. The van der Waals surface area contributed by atoms with E-state index < -0.39 is 11.9 Å². The number of ether oxygens (including phenoxy) is 1. The van der Waals surface area contributed by atoms with Crippen LogP contribution in [0.25, 0.3) is 11.4 Å². The number of hydrogen-bond acceptors (Lipinski definition) is 7. The first-order valence-electron chi connectivity index (χ1n) is 12.2. The predicted octanol–water partition coefficient (Wildman–Crippen LogP) is 3.89. The topological polar surface area (TPSA) is 116 Å². The third-order valence-electron chi connectivity index (χ3n) is 5.66. The molecule has 0 bridgehead atoms. The van der Waals surface area contributed by atoms with Crippen molar-refractivity contribution in [3.05, 3.63) is 84.3 Å². The van der Waals surface area contributed by atoms with E-state index in [4.69, 9.17) is 14.9 Å². The molecule has 1 aliphatic heterocycles. The van der Waals surface area contributed by atoms with Crippen molar-refractivity contribution in [1.29, 1.82) is 0 Å². The van der Waals surface area contributed by atoms with Gasteiger partial charge in [0.25, 0.3) is 0 Å². The Labute approximate surface area is 220 Å². The summed E-state index contributed by atoms with van der Waals surface area (Å²) in [6, 6.07) is 18.6. The lowest BCUT2D eigenvalue weighted by Gasteiger charge is -2.36. The number of para-hydroxylation sites is 1. The highest BCUT2D eigenvalue weighted by Crippen LogP contribution is 2.20. The van der Waals surface area contributed by atoms with Crippen LogP contribution in [0.5, 0.6) is 5.88 Å². The van der Waals surface area contributed by atoms with Crippen molar-refractivity contribution in [3.63, 3.8) is 0 Å². The van der Waals surface area contributed by atoms with E-state index in [0.717, 1.165) is 50.4 Å². The van der Waals surface area contributed by atoms with Crippen LogP contribution in [0.4, 0.5) is 10.1 Å². The molecule has 0 amide bonds. The molecular formula is C28H31FN4O5. The Hall–Kier alpha value is -4.31. The molecule has 0 radical (unpaired) electrons. The molecule has 9 nitrogen and oxygen atoms in total. The molecule has 2 aromatic carbocycles. The Morgan fingerprint density at radius 1 is 0.947 bits per heavy atom. The van der Waals surface area contributed by atoms with Crippen molar-refractivity contribution in [2.45, 2.75) is 13.3 Å². The summed E-state index contributed by atoms with van der Waals surface area (Å²) in [6.45, 7) is 7.77. The number of carboxylic acid groups (broad SMARTS) is 2. The maximum Gasteiger partial charge on any atom is 0.328 e. The molecule has 3 aromatic rings. The van der Waals surface area contributed by atoms with E-state index in [1.165, 1.54) is 17.8 Å². The van der Waals surface area contributed by atoms with Gasteiger partial charge in [-0.25, -0.2) is 19.0 Å². The van der Waals surface area contributed by atoms with Crippen LogP contribution in [0.1, 0.15) is 12.1 Å². The number of nitrogens with zero attached hydrogens (tertiary/aromatic N) is 4. The molecule has 0 spiro atoms. The average Bonchev–Trinajstić information content (AvgIpc) is 2.91. The Morgan fingerprint density at radius 3 is 2.18 bits per heavy atom. The minimum atomic E-state index is -1.26. The zero-order valence-electron chi connectivity index (χ0n) is 21.2. The molecule has 1 saturated heterocycles. The second-order valence-electron chi connectivity index (χ2n) is 8.55. The minimum absolute atomic E-state index is 0.271. The van der Waals surface area contributed by atoms with Gasteiger partial charge in [-0.1, -0.05) is 18.2 Å². The molecule has 1 fully saturated rings. The summed E-state index contributed by atoms with van der Waals surface area (Å²) in [5.41, 5.74) is 2.91. The average molecular weight is 523 g/mol. The number of anilines is 1. The van der Waals surface area contributed by atoms with Crippen LogP contribution in [0.2, 0.25) is 0 Å². The van der Waals surface area contributed by atoms with Crippen LogP contribution in [0, 0.1) is 12.7 Å². The SMILES string of the molecule is Cc1cc(OCCCN2CCN(c3ccccc3)CC2)nc(-c2ccc(F)cc2)n1.O=C(O)C=CC(=O)O. The normalized spacial score (nSPS) is 13.6. The Kier molecular flexibility index (Phi) is 10.7. The van der Waals surface area contributed by atoms with Gasteiger partial charge in [-0.3, -0.25) is 4.90 Å². The number of benzene rings is 2. The molecule has 0 atom stereocenters. The van der Waals surface area contributed by atoms with E-state index in [1.807, 2.05) is 13.0 Å². The zero-order chi connectivity index (χ0) is 27.3. The molecule has 200 valence electrons. The quantitative estimate of drug-likeness (QED) is 0.319. The number of halogens is 1. The fourth-order valence-corrected chi connectivity index (χ4v) is 3.82. The summed E-state index contributed by atoms with van der Waals surface area (Å²) in [5, 5.41) is 15.6. The monoisotopic (exact) mass is 522 g/mol. The molecule has 38 heavy (non-hydrogen) atoms. The summed E-state index contributed by atoms with van der Waals surface area (Å²) >= 11 is 0. The van der Waals surface area contributed by atoms with Crippen molar-refractivity contribution in [3.8, 4) is 17.3 Å². The molecule has 0 aliphatic carbocycles. The largest absolute Gasteiger partial charge is 0.478 e. The van der Waals surface area contributed by atoms with E-state index in [2.05, 4.69) is 50.1 Å². The van der Waals surface area contributed by atoms with E-state index in [0.29, 0.717) is 30.5 Å². The van der Waals surface area contributed by atoms with Crippen molar-refractivity contribution < 1.29 is 28.9 Å². The first-order chi connectivity index (χ1) is 18.3. The van der Waals surface area contributed by atoms with Gasteiger partial charge in [-0.2, -0.15) is 4.98 Å². The maximum atomic E-state index is 13.2. The van der Waals surface area contributed by atoms with Gasteiger partial charge in [0.2, 0.25) is 5.88 Å². The van der Waals surface area contributed by atoms with Crippen molar-refractivity contribution in [2.24, 2.45) is 0 Å². The molecule has 0 unspecified atom stereocenters. The number of aryl methyl sites for hydroxylation is 1. The lowest BCUT2D eigenvalue weighted by atomic mass is 10.2. The smallest absolute Gasteiger partial charge is 0.328 e. The van der Waals surface area contributed by atoms with E-state index in [-0.39, 0.29) is 5.82 Å². The van der Waals surface area contributed by atoms with Gasteiger partial charge in [0.1, 0.15) is 5.82 Å². The molecule has 4 rings (SSSR count). The van der Waals surface area contributed by atoms with E-state index in [9.17, 15) is 14.0 Å². The summed E-state index contributed by atoms with van der Waals surface area (Å²) in [4.78, 5) is 33.0. The summed E-state index contributed by atoms with van der Waals surface area (Å²) in [6.07, 6.45) is 2.06. The molecule has 2 heterocycles. The Balaban J connectivity index is 0.000000436. The Bertz CT molecular complexity index is 1200. The highest BCUT2D eigenvalue weighted by atomic mass is 19.1. The number of rotatable bonds is 9. The van der Waals surface area contributed by atoms with Gasteiger partial charge in [-0.15, -0.1) is 0 Å². The van der Waals surface area contributed by atoms with Crippen molar-refractivity contribution in [2.75, 3.05) is 44.2 Å². The third kappa shape index (κ3) is 9.62. The predicted molar refractivity (Wildman–Crippen MR) is 142 cm³/mol. The first-order valence-corrected chi connectivity index (χ1v) is 12.2. The Morgan fingerprint density at radius 2 is 1.58 bits per heavy atom. The number of carboxylic acids is 2. The standard InChI is InChI=1S/C24H27FN4O.C4H4O4/c1-19-18-23(27-24(26-19)20-8-10-21(25)11-9-20)30-17-5-12-28-13-15-29(16-14-28)22-6-3-2-4-7-22;5-3(6)1-2-4(7)8/h2-4,6-11,18H,5,12-17H2,1H3;1-2H,(H,5,6)(H,7,8). The fraction of sp³-hybridized carbons (Fsp3) is 0.286. The molecule has 1 aromatic heterocycles. The molecule has 2 N–H and O–H groups in total. The second-order valence-corrected chi connectivity index (χ2v) is 8.55. The number of aliphatic carboxylic acids is 2. The van der Waals surface area contributed by atoms with Crippen molar-refractivity contribution >= 4 is 17.6 Å². The van der Waals surface area contributed by atoms with E-state index >= 15 is 0 Å². The van der Waals surface area contributed by atoms with Gasteiger partial charge in [0, 0.05) is 67.9 Å². The summed E-state index contributed by atoms with van der Waals surface area (Å²) in [5.74, 6) is -1.66. The number of piperazine rings is 1. The summed E-state index contributed by atoms with van der Waals surface area (Å²) < 4.78 is 19.0. The van der Waals surface area contributed by atoms with Crippen LogP contribution in [0.3, 0.4) is 0 Å². The fourth-order valence-electron chi connectivity index (χ4n) is 3.82. The van der Waals surface area contributed by atoms with E-state index in [1.54, 1.807) is 12.1 Å². The third-order valence-corrected chi connectivity index (χ3v) is 5.66. The van der Waals surface area contributed by atoms with Gasteiger partial charge < -0.3 is 19.8 Å². The molecule has 1 aliphatic rings. The lowest BCUT2D eigenvalue weighted by Crippen LogP contribution is -2.46. The van der Waals surface area contributed by atoms with Crippen LogP contribution in [0.15, 0.2) is 72.8 Å². The lowest BCUT2D eigenvalue weighted by molar-refractivity contribution is -0.134. The molecule has 10 heteroatoms. The minimum Gasteiger partial charge on any atom is -0.478 e. The molecular weight excluding hydrogens is 491 g/mol. The highest BCUT2D eigenvalue weighted by molar-refractivity contribution is 5.89. The van der Waals surface area contributed by atoms with Crippen molar-refractivity contribution in [1.82, 2.24) is 14.9 Å². The molecule has 0 saturated carbocycles.